The molecule has 0 bridgehead atoms. The summed E-state index contributed by atoms with van der Waals surface area (Å²) in [5.74, 6) is 0.0347. The fourth-order valence-electron chi connectivity index (χ4n) is 2.21. The van der Waals surface area contributed by atoms with Crippen LogP contribution in [0.15, 0.2) is 48.5 Å². The highest BCUT2D eigenvalue weighted by molar-refractivity contribution is 5.72. The third-order valence-corrected chi connectivity index (χ3v) is 3.41. The van der Waals surface area contributed by atoms with Gasteiger partial charge in [-0.15, -0.1) is 5.10 Å². The van der Waals surface area contributed by atoms with Crippen molar-refractivity contribution in [2.24, 2.45) is 0 Å². The first kappa shape index (κ1) is 14.1. The van der Waals surface area contributed by atoms with Crippen molar-refractivity contribution in [2.45, 2.75) is 0 Å². The zero-order valence-corrected chi connectivity index (χ0v) is 12.4. The fraction of sp³-hybridized carbons (Fsp3) is 0.125. The first-order valence-corrected chi connectivity index (χ1v) is 6.81. The molecule has 5 nitrogen and oxygen atoms in total. The number of nitrogens with zero attached hydrogens (tertiary/aromatic N) is 4. The van der Waals surface area contributed by atoms with Crippen LogP contribution in [0.3, 0.4) is 0 Å². The van der Waals surface area contributed by atoms with E-state index in [1.54, 1.807) is 12.1 Å². The minimum atomic E-state index is -0.343. The van der Waals surface area contributed by atoms with Gasteiger partial charge in [0.25, 0.3) is 0 Å². The summed E-state index contributed by atoms with van der Waals surface area (Å²) < 4.78 is 14.8. The first-order chi connectivity index (χ1) is 10.6. The van der Waals surface area contributed by atoms with Gasteiger partial charge in [0, 0.05) is 25.3 Å². The van der Waals surface area contributed by atoms with E-state index in [0.29, 0.717) is 17.2 Å². The Labute approximate surface area is 127 Å². The van der Waals surface area contributed by atoms with Gasteiger partial charge in [-0.3, -0.25) is 0 Å². The second-order valence-electron chi connectivity index (χ2n) is 5.16. The summed E-state index contributed by atoms with van der Waals surface area (Å²) in [6.07, 6.45) is 0. The maximum absolute atomic E-state index is 13.3. The van der Waals surface area contributed by atoms with Crippen molar-refractivity contribution >= 4 is 11.5 Å². The highest BCUT2D eigenvalue weighted by atomic mass is 19.1. The molecule has 1 aromatic heterocycles. The van der Waals surface area contributed by atoms with Crippen LogP contribution in [0.4, 0.5) is 15.9 Å². The van der Waals surface area contributed by atoms with Gasteiger partial charge in [0.05, 0.1) is 5.69 Å². The second-order valence-corrected chi connectivity index (χ2v) is 5.16. The molecule has 0 saturated carbocycles. The lowest BCUT2D eigenvalue weighted by molar-refractivity contribution is 0.625. The maximum atomic E-state index is 13.3. The third-order valence-electron chi connectivity index (χ3n) is 3.41. The molecule has 6 heteroatoms. The van der Waals surface area contributed by atoms with Crippen LogP contribution in [0, 0.1) is 5.82 Å². The number of hydrogen-bond donors (Lipinski definition) is 1. The molecule has 0 unspecified atom stereocenters. The molecule has 3 aromatic rings. The van der Waals surface area contributed by atoms with Crippen LogP contribution in [0.2, 0.25) is 0 Å². The van der Waals surface area contributed by atoms with Gasteiger partial charge in [-0.1, -0.05) is 23.4 Å². The largest absolute Gasteiger partial charge is 0.382 e. The molecule has 0 spiro atoms. The van der Waals surface area contributed by atoms with Gasteiger partial charge < -0.3 is 10.6 Å². The van der Waals surface area contributed by atoms with Crippen molar-refractivity contribution in [1.82, 2.24) is 15.0 Å². The molecule has 3 rings (SSSR count). The summed E-state index contributed by atoms with van der Waals surface area (Å²) in [6.45, 7) is 0. The van der Waals surface area contributed by atoms with Crippen LogP contribution >= 0.6 is 0 Å². The second kappa shape index (κ2) is 5.48. The maximum Gasteiger partial charge on any atom is 0.155 e. The number of nitrogen functional groups attached to an aromatic ring is 1. The van der Waals surface area contributed by atoms with Crippen molar-refractivity contribution < 1.29 is 4.39 Å². The molecule has 22 heavy (non-hydrogen) atoms. The lowest BCUT2D eigenvalue weighted by atomic mass is 10.1. The number of anilines is 2. The van der Waals surface area contributed by atoms with E-state index in [1.807, 2.05) is 43.3 Å². The van der Waals surface area contributed by atoms with E-state index in [2.05, 4.69) is 10.3 Å². The predicted molar refractivity (Wildman–Crippen MR) is 85.5 cm³/mol. The van der Waals surface area contributed by atoms with Gasteiger partial charge in [-0.25, -0.2) is 4.39 Å². The Morgan fingerprint density at radius 2 is 1.82 bits per heavy atom. The summed E-state index contributed by atoms with van der Waals surface area (Å²) in [6, 6.07) is 13.9. The fourth-order valence-corrected chi connectivity index (χ4v) is 2.21. The van der Waals surface area contributed by atoms with Gasteiger partial charge in [0.2, 0.25) is 0 Å². The Hall–Kier alpha value is -2.89. The van der Waals surface area contributed by atoms with E-state index < -0.39 is 0 Å². The third kappa shape index (κ3) is 2.50. The molecule has 0 saturated heterocycles. The Bertz CT molecular complexity index is 793. The molecule has 0 aliphatic rings. The average molecular weight is 297 g/mol. The highest BCUT2D eigenvalue weighted by Crippen LogP contribution is 2.27. The number of benzene rings is 2. The molecule has 0 radical (unpaired) electrons. The van der Waals surface area contributed by atoms with Crippen LogP contribution in [0.25, 0.3) is 16.9 Å². The van der Waals surface area contributed by atoms with Gasteiger partial charge in [-0.2, -0.15) is 4.68 Å². The van der Waals surface area contributed by atoms with E-state index in [9.17, 15) is 4.39 Å². The van der Waals surface area contributed by atoms with Crippen LogP contribution in [0.5, 0.6) is 0 Å². The molecule has 0 aliphatic heterocycles. The minimum absolute atomic E-state index is 0.343. The zero-order chi connectivity index (χ0) is 15.7. The number of rotatable bonds is 3. The number of aromatic nitrogens is 3. The van der Waals surface area contributed by atoms with Crippen LogP contribution < -0.4 is 10.6 Å². The van der Waals surface area contributed by atoms with Crippen LogP contribution in [-0.2, 0) is 0 Å². The molecule has 2 aromatic carbocycles. The Morgan fingerprint density at radius 3 is 2.45 bits per heavy atom. The number of hydrogen-bond acceptors (Lipinski definition) is 4. The van der Waals surface area contributed by atoms with Gasteiger partial charge in [-0.05, 0) is 30.3 Å². The van der Waals surface area contributed by atoms with Crippen LogP contribution in [-0.4, -0.2) is 29.1 Å². The summed E-state index contributed by atoms with van der Waals surface area (Å²) in [4.78, 5) is 2.01. The summed E-state index contributed by atoms with van der Waals surface area (Å²) in [5, 5.41) is 8.14. The smallest absolute Gasteiger partial charge is 0.155 e. The standard InChI is InChI=1S/C16H16FN5/c1-21(2)13-8-6-11(7-9-13)15-16(18)22(20-19-15)14-5-3-4-12(17)10-14/h3-10H,18H2,1-2H3. The molecule has 112 valence electrons. The molecule has 0 atom stereocenters. The summed E-state index contributed by atoms with van der Waals surface area (Å²) in [5.41, 5.74) is 9.19. The predicted octanol–water partition coefficient (Wildman–Crippen LogP) is 2.72. The normalized spacial score (nSPS) is 10.7. The van der Waals surface area contributed by atoms with Crippen molar-refractivity contribution in [2.75, 3.05) is 24.7 Å². The summed E-state index contributed by atoms with van der Waals surface area (Å²) >= 11 is 0. The van der Waals surface area contributed by atoms with Crippen molar-refractivity contribution in [3.63, 3.8) is 0 Å². The lowest BCUT2D eigenvalue weighted by Crippen LogP contribution is -2.08. The van der Waals surface area contributed by atoms with E-state index in [1.165, 1.54) is 16.8 Å². The van der Waals surface area contributed by atoms with Crippen molar-refractivity contribution in [1.29, 1.82) is 0 Å². The topological polar surface area (TPSA) is 60.0 Å². The van der Waals surface area contributed by atoms with E-state index in [4.69, 9.17) is 5.73 Å². The van der Waals surface area contributed by atoms with E-state index >= 15 is 0 Å². The van der Waals surface area contributed by atoms with Gasteiger partial charge in [0.1, 0.15) is 11.5 Å². The summed E-state index contributed by atoms with van der Waals surface area (Å²) in [7, 11) is 3.95. The average Bonchev–Trinajstić information content (AvgIpc) is 2.89. The SMILES string of the molecule is CN(C)c1ccc(-c2nnn(-c3cccc(F)c3)c2N)cc1. The molecule has 1 heterocycles. The quantitative estimate of drug-likeness (QED) is 0.807. The van der Waals surface area contributed by atoms with Gasteiger partial charge >= 0.3 is 0 Å². The molecule has 0 amide bonds. The van der Waals surface area contributed by atoms with Crippen LogP contribution in [0.1, 0.15) is 0 Å². The zero-order valence-electron chi connectivity index (χ0n) is 12.4. The van der Waals surface area contributed by atoms with Crippen molar-refractivity contribution in [3.8, 4) is 16.9 Å². The molecule has 0 fully saturated rings. The Kier molecular flexibility index (Phi) is 3.50. The van der Waals surface area contributed by atoms with Crippen molar-refractivity contribution in [3.05, 3.63) is 54.3 Å². The number of nitrogens with two attached hydrogens (primary N) is 1. The van der Waals surface area contributed by atoms with Gasteiger partial charge in [0.15, 0.2) is 5.82 Å². The molecule has 0 aliphatic carbocycles. The molecular formula is C16H16FN5. The Morgan fingerprint density at radius 1 is 1.09 bits per heavy atom. The van der Waals surface area contributed by atoms with E-state index in [0.717, 1.165) is 11.3 Å². The minimum Gasteiger partial charge on any atom is -0.382 e. The molecular weight excluding hydrogens is 281 g/mol. The number of halogens is 1. The van der Waals surface area contributed by atoms with E-state index in [-0.39, 0.29) is 5.82 Å². The first-order valence-electron chi connectivity index (χ1n) is 6.81. The highest BCUT2D eigenvalue weighted by Gasteiger charge is 2.13. The Balaban J connectivity index is 2.00. The molecule has 2 N–H and O–H groups in total. The lowest BCUT2D eigenvalue weighted by Gasteiger charge is -2.12. The monoisotopic (exact) mass is 297 g/mol.